The van der Waals surface area contributed by atoms with E-state index in [4.69, 9.17) is 10.5 Å². The summed E-state index contributed by atoms with van der Waals surface area (Å²) in [4.78, 5) is 0. The Morgan fingerprint density at radius 3 is 2.88 bits per heavy atom. The zero-order chi connectivity index (χ0) is 12.7. The van der Waals surface area contributed by atoms with Crippen LogP contribution in [0.25, 0.3) is 0 Å². The molecule has 0 aliphatic heterocycles. The summed E-state index contributed by atoms with van der Waals surface area (Å²) in [5, 5.41) is 3.94. The van der Waals surface area contributed by atoms with Gasteiger partial charge in [-0.25, -0.2) is 0 Å². The van der Waals surface area contributed by atoms with Crippen LogP contribution in [-0.4, -0.2) is 17.9 Å². The minimum Gasteiger partial charge on any atom is -0.488 e. The van der Waals surface area contributed by atoms with Gasteiger partial charge in [0.2, 0.25) is 0 Å². The van der Waals surface area contributed by atoms with E-state index in [1.54, 1.807) is 6.21 Å². The average molecular weight is 251 g/mol. The molecular formula is C12H17N3OS. The van der Waals surface area contributed by atoms with Gasteiger partial charge in [0.15, 0.2) is 5.11 Å². The van der Waals surface area contributed by atoms with Gasteiger partial charge in [-0.05, 0) is 29.8 Å². The van der Waals surface area contributed by atoms with Crippen molar-refractivity contribution in [3.63, 3.8) is 0 Å². The van der Waals surface area contributed by atoms with E-state index < -0.39 is 0 Å². The van der Waals surface area contributed by atoms with Crippen LogP contribution in [0.1, 0.15) is 25.3 Å². The van der Waals surface area contributed by atoms with Crippen LogP contribution in [0, 0.1) is 0 Å². The van der Waals surface area contributed by atoms with E-state index >= 15 is 0 Å². The quantitative estimate of drug-likeness (QED) is 0.477. The lowest BCUT2D eigenvalue weighted by Crippen LogP contribution is -2.24. The molecule has 0 spiro atoms. The van der Waals surface area contributed by atoms with Crippen LogP contribution in [-0.2, 0) is 0 Å². The maximum absolute atomic E-state index is 5.61. The van der Waals surface area contributed by atoms with Crippen LogP contribution in [0.4, 0.5) is 0 Å². The second-order valence-corrected chi connectivity index (χ2v) is 4.23. The lowest BCUT2D eigenvalue weighted by atomic mass is 10.0. The van der Waals surface area contributed by atoms with Crippen molar-refractivity contribution in [3.8, 4) is 5.75 Å². The molecule has 0 atom stereocenters. The molecule has 0 aliphatic rings. The van der Waals surface area contributed by atoms with Gasteiger partial charge < -0.3 is 10.5 Å². The lowest BCUT2D eigenvalue weighted by molar-refractivity contribution is 0.374. The number of rotatable bonds is 5. The van der Waals surface area contributed by atoms with Crippen molar-refractivity contribution in [2.45, 2.75) is 19.8 Å². The summed E-state index contributed by atoms with van der Waals surface area (Å²) in [6, 6.07) is 7.96. The fourth-order valence-electron chi connectivity index (χ4n) is 1.36. The summed E-state index contributed by atoms with van der Waals surface area (Å²) in [6.07, 6.45) is 1.58. The summed E-state index contributed by atoms with van der Waals surface area (Å²) in [5.41, 5.74) is 8.87. The Morgan fingerprint density at radius 2 is 2.24 bits per heavy atom. The monoisotopic (exact) mass is 251 g/mol. The SMILES string of the molecule is CC(C)c1ccccc1OC/C=N/NC(N)=S. The Kier molecular flexibility index (Phi) is 5.42. The van der Waals surface area contributed by atoms with Gasteiger partial charge in [-0.15, -0.1) is 0 Å². The number of nitrogens with two attached hydrogens (primary N) is 1. The largest absolute Gasteiger partial charge is 0.488 e. The van der Waals surface area contributed by atoms with Crippen LogP contribution in [0.5, 0.6) is 5.75 Å². The number of ether oxygens (including phenoxy) is 1. The molecule has 4 nitrogen and oxygen atoms in total. The van der Waals surface area contributed by atoms with Crippen molar-refractivity contribution in [1.82, 2.24) is 5.43 Å². The molecule has 0 aromatic heterocycles. The highest BCUT2D eigenvalue weighted by atomic mass is 32.1. The van der Waals surface area contributed by atoms with E-state index in [0.717, 1.165) is 5.75 Å². The van der Waals surface area contributed by atoms with Gasteiger partial charge in [-0.3, -0.25) is 5.43 Å². The van der Waals surface area contributed by atoms with Crippen LogP contribution in [0.15, 0.2) is 29.4 Å². The summed E-state index contributed by atoms with van der Waals surface area (Å²) in [6.45, 7) is 4.63. The van der Waals surface area contributed by atoms with Crippen molar-refractivity contribution in [2.75, 3.05) is 6.61 Å². The molecule has 0 radical (unpaired) electrons. The van der Waals surface area contributed by atoms with Gasteiger partial charge in [-0.1, -0.05) is 32.0 Å². The van der Waals surface area contributed by atoms with E-state index in [-0.39, 0.29) is 5.11 Å². The lowest BCUT2D eigenvalue weighted by Gasteiger charge is -2.12. The fourth-order valence-corrected chi connectivity index (χ4v) is 1.42. The Bertz CT molecular complexity index is 404. The molecule has 1 aromatic rings. The number of benzene rings is 1. The van der Waals surface area contributed by atoms with Crippen molar-refractivity contribution in [2.24, 2.45) is 10.8 Å². The summed E-state index contributed by atoms with van der Waals surface area (Å²) < 4.78 is 5.61. The second kappa shape index (κ2) is 6.85. The number of para-hydroxylation sites is 1. The van der Waals surface area contributed by atoms with E-state index in [1.165, 1.54) is 5.56 Å². The molecule has 1 aromatic carbocycles. The van der Waals surface area contributed by atoms with Gasteiger partial charge in [0.25, 0.3) is 0 Å². The van der Waals surface area contributed by atoms with Crippen LogP contribution in [0.2, 0.25) is 0 Å². The molecule has 0 heterocycles. The summed E-state index contributed by atoms with van der Waals surface area (Å²) in [7, 11) is 0. The first-order chi connectivity index (χ1) is 8.11. The highest BCUT2D eigenvalue weighted by molar-refractivity contribution is 7.80. The molecule has 0 fully saturated rings. The number of hydrogen-bond acceptors (Lipinski definition) is 3. The first kappa shape index (κ1) is 13.4. The van der Waals surface area contributed by atoms with E-state index in [2.05, 4.69) is 42.7 Å². The minimum absolute atomic E-state index is 0.142. The van der Waals surface area contributed by atoms with E-state index in [1.807, 2.05) is 18.2 Å². The molecule has 1 rings (SSSR count). The Morgan fingerprint density at radius 1 is 1.53 bits per heavy atom. The minimum atomic E-state index is 0.142. The standard InChI is InChI=1S/C12H17N3OS/c1-9(2)10-5-3-4-6-11(10)16-8-7-14-15-12(13)17/h3-7,9H,8H2,1-2H3,(H3,13,15,17)/b14-7+. The number of nitrogens with one attached hydrogen (secondary N) is 1. The zero-order valence-electron chi connectivity index (χ0n) is 10.0. The third-order valence-corrected chi connectivity index (χ3v) is 2.21. The zero-order valence-corrected chi connectivity index (χ0v) is 10.8. The molecule has 0 saturated carbocycles. The molecule has 0 aliphatic carbocycles. The second-order valence-electron chi connectivity index (χ2n) is 3.79. The summed E-state index contributed by atoms with van der Waals surface area (Å²) in [5.74, 6) is 1.31. The van der Waals surface area contributed by atoms with Crippen molar-refractivity contribution in [3.05, 3.63) is 29.8 Å². The first-order valence-corrected chi connectivity index (χ1v) is 5.80. The third-order valence-electron chi connectivity index (χ3n) is 2.12. The maximum atomic E-state index is 5.61. The first-order valence-electron chi connectivity index (χ1n) is 5.40. The van der Waals surface area contributed by atoms with Gasteiger partial charge in [0.05, 0.1) is 6.21 Å². The maximum Gasteiger partial charge on any atom is 0.184 e. The topological polar surface area (TPSA) is 59.6 Å². The van der Waals surface area contributed by atoms with Gasteiger partial charge in [0.1, 0.15) is 12.4 Å². The average Bonchev–Trinajstić information content (AvgIpc) is 2.28. The molecule has 92 valence electrons. The van der Waals surface area contributed by atoms with Crippen molar-refractivity contribution in [1.29, 1.82) is 0 Å². The highest BCUT2D eigenvalue weighted by Crippen LogP contribution is 2.25. The number of hydrazone groups is 1. The molecule has 17 heavy (non-hydrogen) atoms. The normalized spacial score (nSPS) is 10.8. The molecule has 0 saturated heterocycles. The fraction of sp³-hybridized carbons (Fsp3) is 0.333. The predicted molar refractivity (Wildman–Crippen MR) is 74.4 cm³/mol. The van der Waals surface area contributed by atoms with Crippen LogP contribution in [0.3, 0.4) is 0 Å². The van der Waals surface area contributed by atoms with Gasteiger partial charge >= 0.3 is 0 Å². The Hall–Kier alpha value is -1.62. The third kappa shape index (κ3) is 4.82. The highest BCUT2D eigenvalue weighted by Gasteiger charge is 2.05. The number of thiocarbonyl (C=S) groups is 1. The molecule has 0 unspecified atom stereocenters. The molecular weight excluding hydrogens is 234 g/mol. The smallest absolute Gasteiger partial charge is 0.184 e. The molecule has 0 bridgehead atoms. The van der Waals surface area contributed by atoms with E-state index in [0.29, 0.717) is 12.5 Å². The van der Waals surface area contributed by atoms with Gasteiger partial charge in [-0.2, -0.15) is 5.10 Å². The Balaban J connectivity index is 2.51. The number of nitrogens with zero attached hydrogens (tertiary/aromatic N) is 1. The van der Waals surface area contributed by atoms with Crippen LogP contribution < -0.4 is 15.9 Å². The van der Waals surface area contributed by atoms with Crippen LogP contribution >= 0.6 is 12.2 Å². The van der Waals surface area contributed by atoms with Crippen molar-refractivity contribution < 1.29 is 4.74 Å². The number of hydrogen-bond donors (Lipinski definition) is 2. The van der Waals surface area contributed by atoms with Gasteiger partial charge in [0, 0.05) is 0 Å². The molecule has 5 heteroatoms. The predicted octanol–water partition coefficient (Wildman–Crippen LogP) is 2.01. The van der Waals surface area contributed by atoms with E-state index in [9.17, 15) is 0 Å². The molecule has 3 N–H and O–H groups in total. The summed E-state index contributed by atoms with van der Waals surface area (Å²) >= 11 is 4.61. The molecule has 0 amide bonds. The Labute approximate surface area is 107 Å². The van der Waals surface area contributed by atoms with Crippen molar-refractivity contribution >= 4 is 23.5 Å².